The van der Waals surface area contributed by atoms with Crippen LogP contribution < -0.4 is 4.90 Å². The quantitative estimate of drug-likeness (QED) is 0.183. The number of benzene rings is 8. The Kier molecular flexibility index (Phi) is 6.24. The molecule has 1 aromatic heterocycles. The van der Waals surface area contributed by atoms with E-state index in [-0.39, 0.29) is 10.8 Å². The first kappa shape index (κ1) is 31.4. The van der Waals surface area contributed by atoms with Crippen molar-refractivity contribution in [1.82, 2.24) is 0 Å². The average Bonchev–Trinajstić information content (AvgIpc) is 3.74. The molecule has 0 bridgehead atoms. The van der Waals surface area contributed by atoms with Crippen molar-refractivity contribution in [3.63, 3.8) is 0 Å². The van der Waals surface area contributed by atoms with Gasteiger partial charge in [0.15, 0.2) is 5.58 Å². The summed E-state index contributed by atoms with van der Waals surface area (Å²) in [5, 5.41) is 7.49. The summed E-state index contributed by atoms with van der Waals surface area (Å²) in [6.45, 7) is 14.0. The lowest BCUT2D eigenvalue weighted by atomic mass is 9.78. The Balaban J connectivity index is 1.09. The maximum Gasteiger partial charge on any atom is 0.159 e. The van der Waals surface area contributed by atoms with Gasteiger partial charge >= 0.3 is 0 Å². The van der Waals surface area contributed by atoms with Crippen molar-refractivity contribution in [3.05, 3.63) is 173 Å². The summed E-state index contributed by atoms with van der Waals surface area (Å²) in [6.07, 6.45) is 0. The van der Waals surface area contributed by atoms with E-state index >= 15 is 0 Å². The van der Waals surface area contributed by atoms with E-state index in [0.29, 0.717) is 0 Å². The molecule has 0 saturated carbocycles. The third kappa shape index (κ3) is 4.17. The molecule has 2 nitrogen and oxygen atoms in total. The normalized spacial score (nSPS) is 14.8. The van der Waals surface area contributed by atoms with Gasteiger partial charge in [-0.15, -0.1) is 0 Å². The van der Waals surface area contributed by atoms with E-state index in [1.165, 1.54) is 77.2 Å². The van der Waals surface area contributed by atoms with Gasteiger partial charge in [0.1, 0.15) is 5.58 Å². The van der Waals surface area contributed by atoms with E-state index in [0.717, 1.165) is 39.0 Å². The maximum atomic E-state index is 6.63. The highest BCUT2D eigenvalue weighted by atomic mass is 16.3. The van der Waals surface area contributed by atoms with Crippen LogP contribution in [0.4, 0.5) is 17.1 Å². The standard InChI is InChI=1S/C52H41NO/c1-30-24-31(2)26-35(25-30)53(46-16-11-15-41-38-14-9-10-17-47(38)54-50(41)46)34-20-23-37-33(27-34)19-22-40-43-29-44-42(28-45(43)52(5,6)49(37)40)39-21-18-32-12-7-8-13-36(32)48(39)51(44,3)4/h7-29H,1-6H3. The van der Waals surface area contributed by atoms with Crippen molar-refractivity contribution in [2.45, 2.75) is 52.4 Å². The van der Waals surface area contributed by atoms with Crippen molar-refractivity contribution in [2.75, 3.05) is 4.90 Å². The molecule has 8 aromatic carbocycles. The molecule has 1 heterocycles. The third-order valence-electron chi connectivity index (χ3n) is 12.6. The molecule has 260 valence electrons. The van der Waals surface area contributed by atoms with E-state index in [1.807, 2.05) is 6.07 Å². The van der Waals surface area contributed by atoms with Gasteiger partial charge < -0.3 is 9.32 Å². The molecule has 11 rings (SSSR count). The van der Waals surface area contributed by atoms with Crippen LogP contribution in [0.2, 0.25) is 0 Å². The fraction of sp³-hybridized carbons (Fsp3) is 0.154. The van der Waals surface area contributed by atoms with Crippen molar-refractivity contribution in [1.29, 1.82) is 0 Å². The molecular weight excluding hydrogens is 655 g/mol. The summed E-state index contributed by atoms with van der Waals surface area (Å²) in [4.78, 5) is 2.38. The Morgan fingerprint density at radius 3 is 1.74 bits per heavy atom. The number of rotatable bonds is 3. The van der Waals surface area contributed by atoms with E-state index in [1.54, 1.807) is 0 Å². The monoisotopic (exact) mass is 695 g/mol. The second kappa shape index (κ2) is 10.7. The van der Waals surface area contributed by atoms with Crippen LogP contribution in [0.3, 0.4) is 0 Å². The van der Waals surface area contributed by atoms with Gasteiger partial charge in [0.2, 0.25) is 0 Å². The van der Waals surface area contributed by atoms with Crippen LogP contribution in [0.1, 0.15) is 61.1 Å². The first-order valence-corrected chi connectivity index (χ1v) is 19.2. The van der Waals surface area contributed by atoms with E-state index in [9.17, 15) is 0 Å². The van der Waals surface area contributed by atoms with Gasteiger partial charge in [-0.05, 0) is 140 Å². The lowest BCUT2D eigenvalue weighted by molar-refractivity contribution is 0.657. The number of aryl methyl sites for hydroxylation is 2. The predicted octanol–water partition coefficient (Wildman–Crippen LogP) is 14.6. The molecule has 54 heavy (non-hydrogen) atoms. The lowest BCUT2D eigenvalue weighted by Crippen LogP contribution is -2.17. The van der Waals surface area contributed by atoms with Crippen LogP contribution in [-0.4, -0.2) is 0 Å². The van der Waals surface area contributed by atoms with E-state index < -0.39 is 0 Å². The molecular formula is C52H41NO. The molecule has 0 radical (unpaired) electrons. The molecule has 0 unspecified atom stereocenters. The minimum atomic E-state index is -0.169. The summed E-state index contributed by atoms with van der Waals surface area (Å²) < 4.78 is 6.63. The molecule has 9 aromatic rings. The topological polar surface area (TPSA) is 16.4 Å². The molecule has 0 saturated heterocycles. The summed E-state index contributed by atoms with van der Waals surface area (Å²) >= 11 is 0. The fourth-order valence-corrected chi connectivity index (χ4v) is 10.3. The highest BCUT2D eigenvalue weighted by molar-refractivity contribution is 6.11. The van der Waals surface area contributed by atoms with Crippen LogP contribution >= 0.6 is 0 Å². The SMILES string of the molecule is Cc1cc(C)cc(N(c2ccc3c4c(ccc3c2)-c2cc3c(cc2C4(C)C)-c2ccc4ccccc4c2C3(C)C)c2cccc3c2oc2ccccc23)c1. The molecule has 2 aliphatic rings. The maximum absolute atomic E-state index is 6.63. The first-order valence-electron chi connectivity index (χ1n) is 19.2. The highest BCUT2D eigenvalue weighted by Gasteiger charge is 2.43. The van der Waals surface area contributed by atoms with Gasteiger partial charge in [-0.25, -0.2) is 0 Å². The molecule has 0 spiro atoms. The zero-order valence-corrected chi connectivity index (χ0v) is 31.6. The Bertz CT molecular complexity index is 3060. The van der Waals surface area contributed by atoms with Gasteiger partial charge in [0.05, 0.1) is 5.69 Å². The number of anilines is 3. The zero-order valence-electron chi connectivity index (χ0n) is 31.6. The Hall–Kier alpha value is -6.12. The molecule has 0 fully saturated rings. The number of hydrogen-bond donors (Lipinski definition) is 0. The number of para-hydroxylation sites is 2. The van der Waals surface area contributed by atoms with Crippen molar-refractivity contribution in [3.8, 4) is 22.3 Å². The molecule has 0 amide bonds. The first-order chi connectivity index (χ1) is 26.1. The van der Waals surface area contributed by atoms with Crippen LogP contribution in [0.15, 0.2) is 144 Å². The number of furan rings is 1. The third-order valence-corrected chi connectivity index (χ3v) is 12.6. The largest absolute Gasteiger partial charge is 0.454 e. The van der Waals surface area contributed by atoms with Gasteiger partial charge in [0.25, 0.3) is 0 Å². The Morgan fingerprint density at radius 1 is 0.444 bits per heavy atom. The fourth-order valence-electron chi connectivity index (χ4n) is 10.3. The number of hydrogen-bond acceptors (Lipinski definition) is 2. The van der Waals surface area contributed by atoms with Gasteiger partial charge in [0, 0.05) is 33.0 Å². The minimum Gasteiger partial charge on any atom is -0.454 e. The summed E-state index contributed by atoms with van der Waals surface area (Å²) in [5.41, 5.74) is 18.5. The van der Waals surface area contributed by atoms with Crippen molar-refractivity contribution < 1.29 is 4.42 Å². The molecule has 2 heteroatoms. The Labute approximate surface area is 316 Å². The molecule has 0 N–H and O–H groups in total. The van der Waals surface area contributed by atoms with Gasteiger partial charge in [-0.3, -0.25) is 0 Å². The van der Waals surface area contributed by atoms with Crippen molar-refractivity contribution >= 4 is 60.5 Å². The summed E-state index contributed by atoms with van der Waals surface area (Å²) in [5.74, 6) is 0. The number of fused-ring (bicyclic) bond motifs is 13. The van der Waals surface area contributed by atoms with Gasteiger partial charge in [-0.2, -0.15) is 0 Å². The minimum absolute atomic E-state index is 0.0977. The van der Waals surface area contributed by atoms with Crippen LogP contribution in [-0.2, 0) is 10.8 Å². The molecule has 2 aliphatic carbocycles. The van der Waals surface area contributed by atoms with Crippen LogP contribution in [0.5, 0.6) is 0 Å². The molecule has 0 aliphatic heterocycles. The summed E-state index contributed by atoms with van der Waals surface area (Å²) in [7, 11) is 0. The Morgan fingerprint density at radius 2 is 1.04 bits per heavy atom. The van der Waals surface area contributed by atoms with Crippen LogP contribution in [0.25, 0.3) is 65.7 Å². The summed E-state index contributed by atoms with van der Waals surface area (Å²) in [6, 6.07) is 52.0. The van der Waals surface area contributed by atoms with Gasteiger partial charge in [-0.1, -0.05) is 119 Å². The van der Waals surface area contributed by atoms with Crippen molar-refractivity contribution in [2.24, 2.45) is 0 Å². The zero-order chi connectivity index (χ0) is 36.7. The lowest BCUT2D eigenvalue weighted by Gasteiger charge is -2.28. The smallest absolute Gasteiger partial charge is 0.159 e. The second-order valence-electron chi connectivity index (χ2n) is 16.7. The predicted molar refractivity (Wildman–Crippen MR) is 228 cm³/mol. The second-order valence-corrected chi connectivity index (χ2v) is 16.7. The van der Waals surface area contributed by atoms with E-state index in [4.69, 9.17) is 4.42 Å². The van der Waals surface area contributed by atoms with Crippen LogP contribution in [0, 0.1) is 13.8 Å². The average molecular weight is 696 g/mol. The number of nitrogens with zero attached hydrogens (tertiary/aromatic N) is 1. The highest BCUT2D eigenvalue weighted by Crippen LogP contribution is 2.58. The molecule has 0 atom stereocenters. The van der Waals surface area contributed by atoms with E-state index in [2.05, 4.69) is 180 Å².